The Kier molecular flexibility index (Phi) is 6.12. The van der Waals surface area contributed by atoms with Crippen molar-refractivity contribution in [2.24, 2.45) is 0 Å². The van der Waals surface area contributed by atoms with Crippen LogP contribution in [0.15, 0.2) is 18.2 Å². The van der Waals surface area contributed by atoms with E-state index in [-0.39, 0.29) is 5.56 Å². The van der Waals surface area contributed by atoms with Crippen molar-refractivity contribution in [1.29, 1.82) is 0 Å². The first-order chi connectivity index (χ1) is 8.15. The molecule has 0 saturated carbocycles. The van der Waals surface area contributed by atoms with E-state index in [1.807, 2.05) is 0 Å². The molecule has 1 aromatic carbocycles. The van der Waals surface area contributed by atoms with Gasteiger partial charge in [-0.2, -0.15) is 0 Å². The Hall–Kier alpha value is -0.960. The molecular weight excluding hydrogens is 220 g/mol. The van der Waals surface area contributed by atoms with E-state index in [0.717, 1.165) is 25.8 Å². The number of halogens is 2. The van der Waals surface area contributed by atoms with Crippen LogP contribution < -0.4 is 5.32 Å². The maximum atomic E-state index is 13.3. The zero-order valence-corrected chi connectivity index (χ0v) is 10.6. The summed E-state index contributed by atoms with van der Waals surface area (Å²) < 4.78 is 26.6. The van der Waals surface area contributed by atoms with Gasteiger partial charge in [0.1, 0.15) is 11.6 Å². The third-order valence-electron chi connectivity index (χ3n) is 2.87. The number of rotatable bonds is 7. The molecule has 1 N–H and O–H groups in total. The lowest BCUT2D eigenvalue weighted by Gasteiger charge is -2.13. The van der Waals surface area contributed by atoms with Crippen LogP contribution in [0, 0.1) is 11.6 Å². The highest BCUT2D eigenvalue weighted by molar-refractivity contribution is 5.19. The maximum absolute atomic E-state index is 13.3. The van der Waals surface area contributed by atoms with Gasteiger partial charge in [-0.25, -0.2) is 8.78 Å². The third-order valence-corrected chi connectivity index (χ3v) is 2.87. The van der Waals surface area contributed by atoms with Crippen molar-refractivity contribution in [3.8, 4) is 0 Å². The Labute approximate surface area is 102 Å². The van der Waals surface area contributed by atoms with Gasteiger partial charge in [0.25, 0.3) is 0 Å². The molecule has 0 amide bonds. The molecule has 1 aromatic rings. The smallest absolute Gasteiger partial charge is 0.129 e. The van der Waals surface area contributed by atoms with Crippen LogP contribution in [-0.4, -0.2) is 12.6 Å². The van der Waals surface area contributed by atoms with Crippen LogP contribution in [0.2, 0.25) is 0 Å². The van der Waals surface area contributed by atoms with Gasteiger partial charge in [-0.3, -0.25) is 0 Å². The minimum atomic E-state index is -0.431. The van der Waals surface area contributed by atoms with Crippen LogP contribution >= 0.6 is 0 Å². The lowest BCUT2D eigenvalue weighted by atomic mass is 10.0. The number of benzene rings is 1. The van der Waals surface area contributed by atoms with E-state index in [1.165, 1.54) is 18.2 Å². The van der Waals surface area contributed by atoms with E-state index in [1.54, 1.807) is 0 Å². The summed E-state index contributed by atoms with van der Waals surface area (Å²) in [5.74, 6) is -0.863. The Bertz CT molecular complexity index is 319. The lowest BCUT2D eigenvalue weighted by molar-refractivity contribution is 0.487. The molecule has 0 radical (unpaired) electrons. The molecule has 0 aromatic heterocycles. The van der Waals surface area contributed by atoms with Gasteiger partial charge in [0.2, 0.25) is 0 Å². The molecule has 0 bridgehead atoms. The van der Waals surface area contributed by atoms with Crippen molar-refractivity contribution in [3.05, 3.63) is 35.4 Å². The Balaban J connectivity index is 2.35. The molecule has 0 fully saturated rings. The summed E-state index contributed by atoms with van der Waals surface area (Å²) in [6.45, 7) is 5.22. The Morgan fingerprint density at radius 2 is 1.88 bits per heavy atom. The van der Waals surface area contributed by atoms with Gasteiger partial charge >= 0.3 is 0 Å². The molecule has 0 aliphatic carbocycles. The maximum Gasteiger partial charge on any atom is 0.129 e. The van der Waals surface area contributed by atoms with Crippen LogP contribution in [0.1, 0.15) is 38.7 Å². The van der Waals surface area contributed by atoms with Crippen LogP contribution in [0.3, 0.4) is 0 Å². The third kappa shape index (κ3) is 4.82. The van der Waals surface area contributed by atoms with E-state index in [9.17, 15) is 8.78 Å². The zero-order valence-electron chi connectivity index (χ0n) is 10.6. The minimum Gasteiger partial charge on any atom is -0.314 e. The zero-order chi connectivity index (χ0) is 12.7. The molecule has 17 heavy (non-hydrogen) atoms. The summed E-state index contributed by atoms with van der Waals surface area (Å²) in [5, 5.41) is 3.36. The highest BCUT2D eigenvalue weighted by Crippen LogP contribution is 2.15. The topological polar surface area (TPSA) is 12.0 Å². The van der Waals surface area contributed by atoms with Gasteiger partial charge in [0, 0.05) is 11.6 Å². The van der Waals surface area contributed by atoms with Crippen molar-refractivity contribution in [3.63, 3.8) is 0 Å². The lowest BCUT2D eigenvalue weighted by Crippen LogP contribution is -2.26. The van der Waals surface area contributed by atoms with E-state index < -0.39 is 11.6 Å². The number of nitrogens with one attached hydrogen (secondary N) is 1. The fourth-order valence-electron chi connectivity index (χ4n) is 1.85. The second-order valence-electron chi connectivity index (χ2n) is 4.45. The number of hydrogen-bond acceptors (Lipinski definition) is 1. The predicted molar refractivity (Wildman–Crippen MR) is 67.1 cm³/mol. The fourth-order valence-corrected chi connectivity index (χ4v) is 1.85. The van der Waals surface area contributed by atoms with E-state index in [2.05, 4.69) is 19.2 Å². The Morgan fingerprint density at radius 3 is 2.47 bits per heavy atom. The monoisotopic (exact) mass is 241 g/mol. The van der Waals surface area contributed by atoms with Crippen molar-refractivity contribution >= 4 is 0 Å². The fraction of sp³-hybridized carbons (Fsp3) is 0.571. The SMILES string of the molecule is CCCNC(C)CCCc1c(F)cccc1F. The summed E-state index contributed by atoms with van der Waals surface area (Å²) in [4.78, 5) is 0. The quantitative estimate of drug-likeness (QED) is 0.768. The molecule has 0 aliphatic rings. The molecular formula is C14H21F2N. The average Bonchev–Trinajstić information content (AvgIpc) is 2.30. The Morgan fingerprint density at radius 1 is 1.24 bits per heavy atom. The first-order valence-corrected chi connectivity index (χ1v) is 6.31. The summed E-state index contributed by atoms with van der Waals surface area (Å²) in [7, 11) is 0. The summed E-state index contributed by atoms with van der Waals surface area (Å²) in [5.41, 5.74) is 0.218. The van der Waals surface area contributed by atoms with Crippen LogP contribution in [0.5, 0.6) is 0 Å². The van der Waals surface area contributed by atoms with Crippen molar-refractivity contribution < 1.29 is 8.78 Å². The van der Waals surface area contributed by atoms with Gasteiger partial charge in [-0.15, -0.1) is 0 Å². The molecule has 0 heterocycles. The van der Waals surface area contributed by atoms with E-state index in [4.69, 9.17) is 0 Å². The average molecular weight is 241 g/mol. The van der Waals surface area contributed by atoms with Gasteiger partial charge in [-0.05, 0) is 51.3 Å². The molecule has 96 valence electrons. The minimum absolute atomic E-state index is 0.218. The van der Waals surface area contributed by atoms with Gasteiger partial charge in [0.15, 0.2) is 0 Å². The summed E-state index contributed by atoms with van der Waals surface area (Å²) in [6.07, 6.45) is 3.31. The molecule has 0 aliphatic heterocycles. The van der Waals surface area contributed by atoms with Crippen molar-refractivity contribution in [2.75, 3.05) is 6.54 Å². The van der Waals surface area contributed by atoms with E-state index >= 15 is 0 Å². The van der Waals surface area contributed by atoms with Crippen LogP contribution in [-0.2, 0) is 6.42 Å². The molecule has 1 atom stereocenters. The van der Waals surface area contributed by atoms with E-state index in [0.29, 0.717) is 12.5 Å². The summed E-state index contributed by atoms with van der Waals surface area (Å²) in [6, 6.07) is 4.44. The predicted octanol–water partition coefficient (Wildman–Crippen LogP) is 3.68. The van der Waals surface area contributed by atoms with Gasteiger partial charge in [0.05, 0.1) is 0 Å². The van der Waals surface area contributed by atoms with Crippen LogP contribution in [0.4, 0.5) is 8.78 Å². The molecule has 0 saturated heterocycles. The molecule has 1 rings (SSSR count). The molecule has 0 spiro atoms. The second-order valence-corrected chi connectivity index (χ2v) is 4.45. The van der Waals surface area contributed by atoms with Crippen molar-refractivity contribution in [2.45, 2.75) is 45.6 Å². The highest BCUT2D eigenvalue weighted by atomic mass is 19.1. The number of hydrogen-bond donors (Lipinski definition) is 1. The molecule has 1 nitrogen and oxygen atoms in total. The molecule has 3 heteroatoms. The summed E-state index contributed by atoms with van der Waals surface area (Å²) >= 11 is 0. The standard InChI is InChI=1S/C14H21F2N/c1-3-10-17-11(2)6-4-7-12-13(15)8-5-9-14(12)16/h5,8-9,11,17H,3-4,6-7,10H2,1-2H3. The first kappa shape index (κ1) is 14.1. The molecule has 1 unspecified atom stereocenters. The largest absolute Gasteiger partial charge is 0.314 e. The van der Waals surface area contributed by atoms with Gasteiger partial charge < -0.3 is 5.32 Å². The first-order valence-electron chi connectivity index (χ1n) is 6.31. The van der Waals surface area contributed by atoms with Crippen molar-refractivity contribution in [1.82, 2.24) is 5.32 Å². The highest BCUT2D eigenvalue weighted by Gasteiger charge is 2.08. The van der Waals surface area contributed by atoms with Crippen LogP contribution in [0.25, 0.3) is 0 Å². The normalized spacial score (nSPS) is 12.7. The second kappa shape index (κ2) is 7.38. The van der Waals surface area contributed by atoms with Gasteiger partial charge in [-0.1, -0.05) is 13.0 Å².